The molecule has 0 saturated heterocycles. The quantitative estimate of drug-likeness (QED) is 0.896. The lowest BCUT2D eigenvalue weighted by molar-refractivity contribution is 0.102. The number of nitrogens with zero attached hydrogens (tertiary/aromatic N) is 2. The first-order chi connectivity index (χ1) is 9.04. The number of carbonyl (C=O) groups is 1. The van der Waals surface area contributed by atoms with Gasteiger partial charge in [0, 0.05) is 23.5 Å². The second-order valence-corrected chi connectivity index (χ2v) is 5.14. The summed E-state index contributed by atoms with van der Waals surface area (Å²) in [6.45, 7) is 3.64. The third-order valence-electron chi connectivity index (χ3n) is 2.48. The molecule has 0 fully saturated rings. The van der Waals surface area contributed by atoms with E-state index in [9.17, 15) is 9.90 Å². The maximum absolute atomic E-state index is 11.9. The average Bonchev–Trinajstić information content (AvgIpc) is 2.76. The highest BCUT2D eigenvalue weighted by Gasteiger charge is 2.11. The van der Waals surface area contributed by atoms with Gasteiger partial charge >= 0.3 is 0 Å². The highest BCUT2D eigenvalue weighted by molar-refractivity contribution is 7.09. The van der Waals surface area contributed by atoms with Gasteiger partial charge in [-0.05, 0) is 26.0 Å². The maximum Gasteiger partial charge on any atom is 0.257 e. The third-order valence-corrected chi connectivity index (χ3v) is 3.15. The fourth-order valence-electron chi connectivity index (χ4n) is 1.53. The lowest BCUT2D eigenvalue weighted by atomic mass is 10.1. The number of hydrogen-bond donors (Lipinski definition) is 2. The van der Waals surface area contributed by atoms with Crippen LogP contribution in [0.15, 0.2) is 24.3 Å². The second kappa shape index (κ2) is 5.90. The zero-order chi connectivity index (χ0) is 13.8. The number of amides is 1. The Morgan fingerprint density at radius 3 is 2.74 bits per heavy atom. The van der Waals surface area contributed by atoms with E-state index >= 15 is 0 Å². The number of carbonyl (C=O) groups excluding carboxylic acids is 1. The van der Waals surface area contributed by atoms with Crippen LogP contribution in [0.5, 0.6) is 0 Å². The Hall–Kier alpha value is -1.79. The van der Waals surface area contributed by atoms with Crippen LogP contribution in [0.3, 0.4) is 0 Å². The predicted octanol–water partition coefficient (Wildman–Crippen LogP) is 2.02. The topological polar surface area (TPSA) is 75.1 Å². The van der Waals surface area contributed by atoms with Gasteiger partial charge in [0.25, 0.3) is 5.91 Å². The van der Waals surface area contributed by atoms with E-state index in [1.165, 1.54) is 0 Å². The van der Waals surface area contributed by atoms with Gasteiger partial charge in [-0.15, -0.1) is 0 Å². The Bertz CT molecular complexity index is 564. The van der Waals surface area contributed by atoms with Gasteiger partial charge in [-0.2, -0.15) is 4.37 Å². The molecule has 1 aromatic heterocycles. The van der Waals surface area contributed by atoms with Crippen LogP contribution in [0.2, 0.25) is 0 Å². The number of anilines is 1. The van der Waals surface area contributed by atoms with Gasteiger partial charge in [0.15, 0.2) is 0 Å². The Balaban J connectivity index is 2.02. The highest BCUT2D eigenvalue weighted by Crippen LogP contribution is 2.14. The molecule has 2 aromatic rings. The van der Waals surface area contributed by atoms with E-state index in [1.54, 1.807) is 19.1 Å². The lowest BCUT2D eigenvalue weighted by Gasteiger charge is -2.01. The molecule has 6 heteroatoms. The molecule has 0 unspecified atom stereocenters. The summed E-state index contributed by atoms with van der Waals surface area (Å²) in [5.74, 6) is 0.332. The number of aryl methyl sites for hydroxylation is 1. The van der Waals surface area contributed by atoms with Crippen LogP contribution in [0.25, 0.3) is 0 Å². The first-order valence-corrected chi connectivity index (χ1v) is 6.70. The first-order valence-electron chi connectivity index (χ1n) is 5.93. The summed E-state index contributed by atoms with van der Waals surface area (Å²) in [5.41, 5.74) is 1.68. The van der Waals surface area contributed by atoms with E-state index in [4.69, 9.17) is 0 Å². The van der Waals surface area contributed by atoms with Crippen molar-refractivity contribution in [3.05, 3.63) is 41.2 Å². The van der Waals surface area contributed by atoms with Crippen LogP contribution in [0.1, 0.15) is 28.7 Å². The molecule has 0 saturated carbocycles. The predicted molar refractivity (Wildman–Crippen MR) is 74.4 cm³/mol. The molecule has 100 valence electrons. The molecule has 0 aliphatic heterocycles. The minimum absolute atomic E-state index is 0.209. The molecule has 0 aliphatic carbocycles. The molecule has 19 heavy (non-hydrogen) atoms. The molecular formula is C13H15N3O2S. The van der Waals surface area contributed by atoms with Crippen molar-refractivity contribution in [2.24, 2.45) is 0 Å². The molecule has 0 bridgehead atoms. The zero-order valence-electron chi connectivity index (χ0n) is 10.8. The van der Waals surface area contributed by atoms with Crippen LogP contribution >= 0.6 is 11.5 Å². The van der Waals surface area contributed by atoms with Crippen LogP contribution in [-0.4, -0.2) is 26.5 Å². The first kappa shape index (κ1) is 13.6. The molecule has 0 radical (unpaired) electrons. The van der Waals surface area contributed by atoms with Crippen LogP contribution in [0.4, 0.5) is 5.13 Å². The Kier molecular flexibility index (Phi) is 4.24. The van der Waals surface area contributed by atoms with E-state index in [-0.39, 0.29) is 5.91 Å². The number of rotatable bonds is 4. The Morgan fingerprint density at radius 1 is 1.42 bits per heavy atom. The van der Waals surface area contributed by atoms with Gasteiger partial charge in [0.05, 0.1) is 6.10 Å². The zero-order valence-corrected chi connectivity index (χ0v) is 11.6. The van der Waals surface area contributed by atoms with Gasteiger partial charge in [-0.1, -0.05) is 17.7 Å². The standard InChI is InChI=1S/C13H15N3O2S/c1-8-3-5-10(6-4-8)12(18)15-13-14-11(16-19-13)7-9(2)17/h3-6,9,17H,7H2,1-2H3,(H,14,15,16,18)/t9-/m1/s1. The summed E-state index contributed by atoms with van der Waals surface area (Å²) in [5, 5.41) is 12.4. The van der Waals surface area contributed by atoms with Crippen LogP contribution in [-0.2, 0) is 6.42 Å². The fraction of sp³-hybridized carbons (Fsp3) is 0.308. The molecule has 1 heterocycles. The highest BCUT2D eigenvalue weighted by atomic mass is 32.1. The van der Waals surface area contributed by atoms with Crippen molar-refractivity contribution in [3.63, 3.8) is 0 Å². The number of hydrogen-bond acceptors (Lipinski definition) is 5. The molecule has 1 aromatic carbocycles. The summed E-state index contributed by atoms with van der Waals surface area (Å²) in [6.07, 6.45) is -0.105. The summed E-state index contributed by atoms with van der Waals surface area (Å²) in [4.78, 5) is 16.1. The maximum atomic E-state index is 11.9. The average molecular weight is 277 g/mol. The summed E-state index contributed by atoms with van der Waals surface area (Å²) in [7, 11) is 0. The van der Waals surface area contributed by atoms with Crippen LogP contribution < -0.4 is 5.32 Å². The van der Waals surface area contributed by atoms with Crippen molar-refractivity contribution < 1.29 is 9.90 Å². The number of nitrogens with one attached hydrogen (secondary N) is 1. The van der Waals surface area contributed by atoms with Gasteiger partial charge in [0.2, 0.25) is 5.13 Å². The van der Waals surface area contributed by atoms with Gasteiger partial charge in [-0.25, -0.2) is 4.98 Å². The number of aliphatic hydroxyl groups excluding tert-OH is 1. The van der Waals surface area contributed by atoms with E-state index in [2.05, 4.69) is 14.7 Å². The third kappa shape index (κ3) is 3.84. The Labute approximate surface area is 115 Å². The van der Waals surface area contributed by atoms with Crippen molar-refractivity contribution in [2.45, 2.75) is 26.4 Å². The van der Waals surface area contributed by atoms with Crippen molar-refractivity contribution in [1.82, 2.24) is 9.36 Å². The second-order valence-electron chi connectivity index (χ2n) is 4.39. The van der Waals surface area contributed by atoms with Crippen molar-refractivity contribution >= 4 is 22.6 Å². The molecular weight excluding hydrogens is 262 g/mol. The Morgan fingerprint density at radius 2 is 2.11 bits per heavy atom. The van der Waals surface area contributed by atoms with Gasteiger partial charge < -0.3 is 5.11 Å². The van der Waals surface area contributed by atoms with E-state index < -0.39 is 6.10 Å². The molecule has 0 aliphatic rings. The molecule has 0 spiro atoms. The van der Waals surface area contributed by atoms with Gasteiger partial charge in [-0.3, -0.25) is 10.1 Å². The van der Waals surface area contributed by atoms with Crippen molar-refractivity contribution in [2.75, 3.05) is 5.32 Å². The molecule has 1 amide bonds. The molecule has 2 N–H and O–H groups in total. The smallest absolute Gasteiger partial charge is 0.257 e. The number of benzene rings is 1. The molecule has 2 rings (SSSR count). The van der Waals surface area contributed by atoms with Crippen molar-refractivity contribution in [1.29, 1.82) is 0 Å². The largest absolute Gasteiger partial charge is 0.393 e. The number of aromatic nitrogens is 2. The van der Waals surface area contributed by atoms with E-state index in [0.29, 0.717) is 22.9 Å². The van der Waals surface area contributed by atoms with Crippen molar-refractivity contribution in [3.8, 4) is 0 Å². The lowest BCUT2D eigenvalue weighted by Crippen LogP contribution is -2.12. The number of aliphatic hydroxyl groups is 1. The summed E-state index contributed by atoms with van der Waals surface area (Å²) >= 11 is 1.11. The summed E-state index contributed by atoms with van der Waals surface area (Å²) in [6, 6.07) is 7.30. The van der Waals surface area contributed by atoms with E-state index in [0.717, 1.165) is 17.1 Å². The monoisotopic (exact) mass is 277 g/mol. The molecule has 5 nitrogen and oxygen atoms in total. The fourth-order valence-corrected chi connectivity index (χ4v) is 2.12. The minimum atomic E-state index is -0.491. The summed E-state index contributed by atoms with van der Waals surface area (Å²) < 4.78 is 4.07. The van der Waals surface area contributed by atoms with Crippen LogP contribution in [0, 0.1) is 6.92 Å². The normalized spacial score (nSPS) is 12.2. The van der Waals surface area contributed by atoms with Gasteiger partial charge in [0.1, 0.15) is 5.82 Å². The molecule has 1 atom stereocenters. The van der Waals surface area contributed by atoms with E-state index in [1.807, 2.05) is 19.1 Å². The minimum Gasteiger partial charge on any atom is -0.393 e. The SMILES string of the molecule is Cc1ccc(C(=O)Nc2nc(C[C@@H](C)O)ns2)cc1.